The van der Waals surface area contributed by atoms with Crippen molar-refractivity contribution in [3.63, 3.8) is 0 Å². The van der Waals surface area contributed by atoms with E-state index in [1.807, 2.05) is 0 Å². The van der Waals surface area contributed by atoms with Gasteiger partial charge in [0, 0.05) is 0 Å². The van der Waals surface area contributed by atoms with Crippen molar-refractivity contribution in [2.24, 2.45) is 5.73 Å². The van der Waals surface area contributed by atoms with E-state index < -0.39 is 11.6 Å². The van der Waals surface area contributed by atoms with E-state index in [2.05, 4.69) is 4.98 Å². The summed E-state index contributed by atoms with van der Waals surface area (Å²) in [7, 11) is 0. The molecule has 0 saturated heterocycles. The summed E-state index contributed by atoms with van der Waals surface area (Å²) in [6.45, 7) is 0.122. The van der Waals surface area contributed by atoms with Crippen LogP contribution in [-0.4, -0.2) is 4.98 Å². The summed E-state index contributed by atoms with van der Waals surface area (Å²) >= 11 is 0. The molecule has 1 aromatic heterocycles. The Balaban J connectivity index is 2.49. The number of halogens is 2. The van der Waals surface area contributed by atoms with E-state index >= 15 is 0 Å². The van der Waals surface area contributed by atoms with Crippen LogP contribution in [0.4, 0.5) is 8.78 Å². The fourth-order valence-corrected chi connectivity index (χ4v) is 1.22. The summed E-state index contributed by atoms with van der Waals surface area (Å²) in [5, 5.41) is 0. The van der Waals surface area contributed by atoms with E-state index in [0.717, 1.165) is 6.07 Å². The van der Waals surface area contributed by atoms with Crippen molar-refractivity contribution < 1.29 is 13.2 Å². The topological polar surface area (TPSA) is 52.0 Å². The van der Waals surface area contributed by atoms with E-state index in [1.165, 1.54) is 18.3 Å². The van der Waals surface area contributed by atoms with Crippen molar-refractivity contribution >= 4 is 0 Å². The fourth-order valence-electron chi connectivity index (χ4n) is 1.22. The molecular formula is C10H8F2N2O. The van der Waals surface area contributed by atoms with Crippen LogP contribution >= 0.6 is 0 Å². The maximum Gasteiger partial charge on any atom is 0.208 e. The Bertz CT molecular complexity index is 482. The number of oxazole rings is 1. The van der Waals surface area contributed by atoms with Gasteiger partial charge in [0.25, 0.3) is 0 Å². The van der Waals surface area contributed by atoms with Crippen molar-refractivity contribution in [2.45, 2.75) is 6.54 Å². The van der Waals surface area contributed by atoms with Crippen LogP contribution in [-0.2, 0) is 6.54 Å². The van der Waals surface area contributed by atoms with Gasteiger partial charge in [0.1, 0.15) is 0 Å². The lowest BCUT2D eigenvalue weighted by molar-refractivity contribution is 0.489. The Morgan fingerprint density at radius 1 is 1.33 bits per heavy atom. The molecule has 0 fully saturated rings. The first-order chi connectivity index (χ1) is 7.22. The predicted molar refractivity (Wildman–Crippen MR) is 49.7 cm³/mol. The molecule has 0 atom stereocenters. The monoisotopic (exact) mass is 210 g/mol. The molecule has 0 aliphatic carbocycles. The second-order valence-corrected chi connectivity index (χ2v) is 2.92. The number of nitrogens with zero attached hydrogens (tertiary/aromatic N) is 1. The summed E-state index contributed by atoms with van der Waals surface area (Å²) in [4.78, 5) is 3.80. The molecule has 0 radical (unpaired) electrons. The zero-order chi connectivity index (χ0) is 10.8. The van der Waals surface area contributed by atoms with Crippen molar-refractivity contribution in [1.29, 1.82) is 0 Å². The first-order valence-electron chi connectivity index (χ1n) is 4.31. The first kappa shape index (κ1) is 9.79. The lowest BCUT2D eigenvalue weighted by Gasteiger charge is -1.98. The van der Waals surface area contributed by atoms with Crippen LogP contribution in [0.1, 0.15) is 5.89 Å². The highest BCUT2D eigenvalue weighted by atomic mass is 19.2. The Morgan fingerprint density at radius 3 is 2.80 bits per heavy atom. The number of rotatable bonds is 2. The third kappa shape index (κ3) is 1.73. The molecule has 2 rings (SSSR count). The molecule has 1 aromatic carbocycles. The van der Waals surface area contributed by atoms with Gasteiger partial charge in [-0.05, 0) is 12.1 Å². The maximum absolute atomic E-state index is 13.3. The SMILES string of the molecule is NCc1ncc(-c2cccc(F)c2F)o1. The lowest BCUT2D eigenvalue weighted by atomic mass is 10.2. The van der Waals surface area contributed by atoms with Gasteiger partial charge in [0.15, 0.2) is 17.4 Å². The predicted octanol–water partition coefficient (Wildman–Crippen LogP) is 2.08. The van der Waals surface area contributed by atoms with E-state index in [0.29, 0.717) is 0 Å². The maximum atomic E-state index is 13.3. The Morgan fingerprint density at radius 2 is 2.13 bits per heavy atom. The van der Waals surface area contributed by atoms with E-state index in [1.54, 1.807) is 0 Å². The van der Waals surface area contributed by atoms with Gasteiger partial charge in [-0.25, -0.2) is 13.8 Å². The number of benzene rings is 1. The average molecular weight is 210 g/mol. The van der Waals surface area contributed by atoms with E-state index in [4.69, 9.17) is 10.2 Å². The highest BCUT2D eigenvalue weighted by molar-refractivity contribution is 5.57. The van der Waals surface area contributed by atoms with Gasteiger partial charge in [-0.2, -0.15) is 0 Å². The molecule has 1 heterocycles. The van der Waals surface area contributed by atoms with Crippen LogP contribution in [0.3, 0.4) is 0 Å². The van der Waals surface area contributed by atoms with Crippen molar-refractivity contribution in [3.8, 4) is 11.3 Å². The summed E-state index contributed by atoms with van der Waals surface area (Å²) in [6.07, 6.45) is 1.32. The van der Waals surface area contributed by atoms with Crippen LogP contribution in [0.5, 0.6) is 0 Å². The summed E-state index contributed by atoms with van der Waals surface area (Å²) < 4.78 is 31.3. The van der Waals surface area contributed by atoms with Crippen molar-refractivity contribution in [1.82, 2.24) is 4.98 Å². The summed E-state index contributed by atoms with van der Waals surface area (Å²) in [5.74, 6) is -1.41. The van der Waals surface area contributed by atoms with Crippen molar-refractivity contribution in [2.75, 3.05) is 0 Å². The van der Waals surface area contributed by atoms with Crippen LogP contribution in [0.25, 0.3) is 11.3 Å². The highest BCUT2D eigenvalue weighted by Gasteiger charge is 2.13. The molecule has 15 heavy (non-hydrogen) atoms. The van der Waals surface area contributed by atoms with Gasteiger partial charge in [-0.1, -0.05) is 6.07 Å². The smallest absolute Gasteiger partial charge is 0.208 e. The largest absolute Gasteiger partial charge is 0.439 e. The lowest BCUT2D eigenvalue weighted by Crippen LogP contribution is -1.94. The van der Waals surface area contributed by atoms with Crippen LogP contribution in [0, 0.1) is 11.6 Å². The van der Waals surface area contributed by atoms with E-state index in [-0.39, 0.29) is 23.8 Å². The summed E-state index contributed by atoms with van der Waals surface area (Å²) in [6, 6.07) is 3.86. The average Bonchev–Trinajstić information content (AvgIpc) is 2.70. The summed E-state index contributed by atoms with van der Waals surface area (Å²) in [5.41, 5.74) is 5.33. The Labute approximate surface area is 84.5 Å². The van der Waals surface area contributed by atoms with Crippen molar-refractivity contribution in [3.05, 3.63) is 41.9 Å². The third-order valence-electron chi connectivity index (χ3n) is 1.95. The van der Waals surface area contributed by atoms with Gasteiger partial charge in [0.2, 0.25) is 5.89 Å². The standard InChI is InChI=1S/C10H8F2N2O/c11-7-3-1-2-6(10(7)12)8-5-14-9(4-13)15-8/h1-3,5H,4,13H2. The normalized spacial score (nSPS) is 10.6. The molecule has 0 aliphatic rings. The minimum absolute atomic E-state index is 0.0437. The zero-order valence-electron chi connectivity index (χ0n) is 7.71. The van der Waals surface area contributed by atoms with Crippen LogP contribution in [0.2, 0.25) is 0 Å². The molecule has 0 aliphatic heterocycles. The quantitative estimate of drug-likeness (QED) is 0.825. The van der Waals surface area contributed by atoms with Gasteiger partial charge < -0.3 is 10.2 Å². The molecule has 0 bridgehead atoms. The second kappa shape index (κ2) is 3.78. The van der Waals surface area contributed by atoms with Gasteiger partial charge >= 0.3 is 0 Å². The molecule has 0 spiro atoms. The highest BCUT2D eigenvalue weighted by Crippen LogP contribution is 2.24. The zero-order valence-corrected chi connectivity index (χ0v) is 7.71. The van der Waals surface area contributed by atoms with Gasteiger partial charge in [0.05, 0.1) is 18.3 Å². The molecule has 3 nitrogen and oxygen atoms in total. The fraction of sp³-hybridized carbons (Fsp3) is 0.100. The van der Waals surface area contributed by atoms with Crippen LogP contribution < -0.4 is 5.73 Å². The third-order valence-corrected chi connectivity index (χ3v) is 1.95. The van der Waals surface area contributed by atoms with Gasteiger partial charge in [-0.15, -0.1) is 0 Å². The molecule has 78 valence electrons. The number of hydrogen-bond donors (Lipinski definition) is 1. The number of nitrogens with two attached hydrogens (primary N) is 1. The van der Waals surface area contributed by atoms with Gasteiger partial charge in [-0.3, -0.25) is 0 Å². The Hall–Kier alpha value is -1.75. The number of hydrogen-bond acceptors (Lipinski definition) is 3. The molecule has 0 unspecified atom stereocenters. The number of aromatic nitrogens is 1. The molecule has 5 heteroatoms. The first-order valence-corrected chi connectivity index (χ1v) is 4.31. The molecule has 2 N–H and O–H groups in total. The minimum Gasteiger partial charge on any atom is -0.439 e. The van der Waals surface area contributed by atoms with Crippen LogP contribution in [0.15, 0.2) is 28.8 Å². The molecule has 0 amide bonds. The van der Waals surface area contributed by atoms with E-state index in [9.17, 15) is 8.78 Å². The molecular weight excluding hydrogens is 202 g/mol. The molecule has 2 aromatic rings. The second-order valence-electron chi connectivity index (χ2n) is 2.92. The molecule has 0 saturated carbocycles. The Kier molecular flexibility index (Phi) is 2.47. The minimum atomic E-state index is -0.947.